The Hall–Kier alpha value is -2.50. The normalized spacial score (nSPS) is 16.6. The Balaban J connectivity index is 1.35. The lowest BCUT2D eigenvalue weighted by Gasteiger charge is -2.24. The van der Waals surface area contributed by atoms with Gasteiger partial charge in [-0.3, -0.25) is 0 Å². The molecule has 4 rings (SSSR count). The van der Waals surface area contributed by atoms with Crippen molar-refractivity contribution >= 4 is 0 Å². The van der Waals surface area contributed by atoms with E-state index in [1.54, 1.807) is 12.1 Å². The van der Waals surface area contributed by atoms with Gasteiger partial charge in [0.05, 0.1) is 18.3 Å². The molecular weight excluding hydrogens is 317 g/mol. The Bertz CT molecular complexity index is 830. The summed E-state index contributed by atoms with van der Waals surface area (Å²) in [6.45, 7) is 2.75. The molecule has 0 amide bonds. The minimum absolute atomic E-state index is 0.103. The third kappa shape index (κ3) is 3.78. The lowest BCUT2D eigenvalue weighted by atomic mass is 10.2. The van der Waals surface area contributed by atoms with Gasteiger partial charge < -0.3 is 14.6 Å². The van der Waals surface area contributed by atoms with Crippen LogP contribution in [0.25, 0.3) is 11.3 Å². The molecule has 0 radical (unpaired) electrons. The highest BCUT2D eigenvalue weighted by molar-refractivity contribution is 5.58. The van der Waals surface area contributed by atoms with Gasteiger partial charge in [0, 0.05) is 24.8 Å². The number of nitrogens with one attached hydrogen (secondary N) is 1. The van der Waals surface area contributed by atoms with Crippen molar-refractivity contribution in [3.05, 3.63) is 78.0 Å². The fraction of sp³-hybridized carbons (Fsp3) is 0.250. The molecule has 25 heavy (non-hydrogen) atoms. The molecule has 2 heterocycles. The topological polar surface area (TPSA) is 39.1 Å². The summed E-state index contributed by atoms with van der Waals surface area (Å²) in [5.74, 6) is 0.759. The van der Waals surface area contributed by atoms with Crippen molar-refractivity contribution in [2.75, 3.05) is 6.54 Å². The van der Waals surface area contributed by atoms with E-state index in [9.17, 15) is 4.39 Å². The van der Waals surface area contributed by atoms with E-state index in [2.05, 4.69) is 33.2 Å². The van der Waals surface area contributed by atoms with Crippen LogP contribution in [-0.2, 0) is 24.4 Å². The number of imidazole rings is 1. The largest absolute Gasteiger partial charge is 0.367 e. The molecule has 128 valence electrons. The minimum Gasteiger partial charge on any atom is -0.367 e. The zero-order valence-electron chi connectivity index (χ0n) is 13.9. The number of ether oxygens (including phenoxy) is 1. The summed E-state index contributed by atoms with van der Waals surface area (Å²) in [6, 6.07) is 16.7. The Kier molecular flexibility index (Phi) is 4.59. The summed E-state index contributed by atoms with van der Waals surface area (Å²) in [7, 11) is 0. The predicted octanol–water partition coefficient (Wildman–Crippen LogP) is 3.38. The highest BCUT2D eigenvalue weighted by atomic mass is 19.1. The maximum absolute atomic E-state index is 12.9. The molecule has 3 aromatic rings. The number of nitrogens with zero attached hydrogens (tertiary/aromatic N) is 2. The zero-order valence-corrected chi connectivity index (χ0v) is 13.9. The van der Waals surface area contributed by atoms with Gasteiger partial charge in [-0.1, -0.05) is 42.5 Å². The molecule has 1 N–H and O–H groups in total. The molecule has 2 aromatic carbocycles. The third-order valence-electron chi connectivity index (χ3n) is 4.39. The van der Waals surface area contributed by atoms with Crippen LogP contribution in [0.2, 0.25) is 0 Å². The van der Waals surface area contributed by atoms with E-state index < -0.39 is 0 Å². The molecule has 0 spiro atoms. The molecule has 0 unspecified atom stereocenters. The van der Waals surface area contributed by atoms with Crippen LogP contribution in [0, 0.1) is 5.82 Å². The van der Waals surface area contributed by atoms with Crippen molar-refractivity contribution in [3.63, 3.8) is 0 Å². The van der Waals surface area contributed by atoms with E-state index in [1.807, 2.05) is 18.2 Å². The van der Waals surface area contributed by atoms with E-state index in [4.69, 9.17) is 4.74 Å². The summed E-state index contributed by atoms with van der Waals surface area (Å²) in [5.41, 5.74) is 3.17. The second-order valence-electron chi connectivity index (χ2n) is 6.25. The first kappa shape index (κ1) is 16.0. The predicted molar refractivity (Wildman–Crippen MR) is 94.3 cm³/mol. The molecule has 0 aliphatic carbocycles. The fourth-order valence-corrected chi connectivity index (χ4v) is 3.04. The van der Waals surface area contributed by atoms with Gasteiger partial charge in [-0.25, -0.2) is 9.37 Å². The maximum atomic E-state index is 12.9. The standard InChI is InChI=1S/C20H20FN3O/c21-17-8-6-15(7-9-17)10-22-11-18-12-24-13-19(23-20(24)14-25-18)16-4-2-1-3-5-16/h1-9,13,18,22H,10-12,14H2/t18-/m0/s1. The molecule has 0 fully saturated rings. The van der Waals surface area contributed by atoms with Gasteiger partial charge in [0.2, 0.25) is 0 Å². The highest BCUT2D eigenvalue weighted by Crippen LogP contribution is 2.21. The van der Waals surface area contributed by atoms with E-state index in [0.717, 1.165) is 35.7 Å². The van der Waals surface area contributed by atoms with Gasteiger partial charge in [-0.05, 0) is 17.7 Å². The Morgan fingerprint density at radius 3 is 2.72 bits per heavy atom. The van der Waals surface area contributed by atoms with Crippen LogP contribution >= 0.6 is 0 Å². The zero-order chi connectivity index (χ0) is 17.1. The van der Waals surface area contributed by atoms with Crippen molar-refractivity contribution in [2.24, 2.45) is 0 Å². The second-order valence-corrected chi connectivity index (χ2v) is 6.25. The quantitative estimate of drug-likeness (QED) is 0.776. The molecule has 1 aliphatic rings. The van der Waals surface area contributed by atoms with Crippen LogP contribution in [0.5, 0.6) is 0 Å². The number of hydrogen-bond donors (Lipinski definition) is 1. The van der Waals surface area contributed by atoms with Gasteiger partial charge >= 0.3 is 0 Å². The van der Waals surface area contributed by atoms with Crippen molar-refractivity contribution in [1.29, 1.82) is 0 Å². The van der Waals surface area contributed by atoms with Crippen molar-refractivity contribution in [3.8, 4) is 11.3 Å². The lowest BCUT2D eigenvalue weighted by Crippen LogP contribution is -2.35. The van der Waals surface area contributed by atoms with Gasteiger partial charge in [-0.2, -0.15) is 0 Å². The average molecular weight is 337 g/mol. The highest BCUT2D eigenvalue weighted by Gasteiger charge is 2.21. The van der Waals surface area contributed by atoms with Crippen LogP contribution in [0.3, 0.4) is 0 Å². The Morgan fingerprint density at radius 2 is 1.92 bits per heavy atom. The van der Waals surface area contributed by atoms with Crippen LogP contribution in [0.4, 0.5) is 4.39 Å². The molecule has 1 aliphatic heterocycles. The number of fused-ring (bicyclic) bond motifs is 1. The molecule has 1 aromatic heterocycles. The van der Waals surface area contributed by atoms with Crippen LogP contribution in [0.15, 0.2) is 60.8 Å². The summed E-state index contributed by atoms with van der Waals surface area (Å²) in [4.78, 5) is 4.67. The molecule has 4 nitrogen and oxygen atoms in total. The summed E-state index contributed by atoms with van der Waals surface area (Å²) < 4.78 is 21.0. The average Bonchev–Trinajstić information content (AvgIpc) is 3.07. The van der Waals surface area contributed by atoms with E-state index in [0.29, 0.717) is 13.2 Å². The first-order valence-corrected chi connectivity index (χ1v) is 8.46. The molecular formula is C20H20FN3O. The smallest absolute Gasteiger partial charge is 0.135 e. The number of benzene rings is 2. The van der Waals surface area contributed by atoms with E-state index >= 15 is 0 Å². The number of rotatable bonds is 5. The SMILES string of the molecule is Fc1ccc(CNC[C@H]2Cn3cc(-c4ccccc4)nc3CO2)cc1. The molecule has 0 saturated carbocycles. The number of halogens is 1. The van der Waals surface area contributed by atoms with Gasteiger partial charge in [0.25, 0.3) is 0 Å². The van der Waals surface area contributed by atoms with Crippen molar-refractivity contribution in [1.82, 2.24) is 14.9 Å². The molecule has 5 heteroatoms. The minimum atomic E-state index is -0.207. The molecule has 0 saturated heterocycles. The van der Waals surface area contributed by atoms with E-state index in [1.165, 1.54) is 12.1 Å². The lowest BCUT2D eigenvalue weighted by molar-refractivity contribution is 0.00278. The van der Waals surface area contributed by atoms with Crippen LogP contribution in [0.1, 0.15) is 11.4 Å². The summed E-state index contributed by atoms with van der Waals surface area (Å²) in [5, 5.41) is 3.38. The van der Waals surface area contributed by atoms with Crippen LogP contribution in [-0.4, -0.2) is 22.2 Å². The Labute approximate surface area is 146 Å². The fourth-order valence-electron chi connectivity index (χ4n) is 3.04. The maximum Gasteiger partial charge on any atom is 0.135 e. The first-order chi connectivity index (χ1) is 12.3. The third-order valence-corrected chi connectivity index (χ3v) is 4.39. The number of aromatic nitrogens is 2. The Morgan fingerprint density at radius 1 is 1.12 bits per heavy atom. The molecule has 1 atom stereocenters. The first-order valence-electron chi connectivity index (χ1n) is 8.46. The van der Waals surface area contributed by atoms with Crippen LogP contribution < -0.4 is 5.32 Å². The van der Waals surface area contributed by atoms with Gasteiger partial charge in [0.1, 0.15) is 18.2 Å². The second kappa shape index (κ2) is 7.17. The monoisotopic (exact) mass is 337 g/mol. The molecule has 0 bridgehead atoms. The summed E-state index contributed by atoms with van der Waals surface area (Å²) in [6.07, 6.45) is 2.20. The summed E-state index contributed by atoms with van der Waals surface area (Å²) >= 11 is 0. The van der Waals surface area contributed by atoms with Crippen molar-refractivity contribution in [2.45, 2.75) is 25.8 Å². The van der Waals surface area contributed by atoms with Gasteiger partial charge in [0.15, 0.2) is 0 Å². The van der Waals surface area contributed by atoms with E-state index in [-0.39, 0.29) is 11.9 Å². The van der Waals surface area contributed by atoms with Crippen molar-refractivity contribution < 1.29 is 9.13 Å². The number of hydrogen-bond acceptors (Lipinski definition) is 3. The van der Waals surface area contributed by atoms with Gasteiger partial charge in [-0.15, -0.1) is 0 Å².